The summed E-state index contributed by atoms with van der Waals surface area (Å²) in [5.74, 6) is 0.700. The number of ether oxygens (including phenoxy) is 1. The van der Waals surface area contributed by atoms with Crippen LogP contribution >= 0.6 is 11.6 Å². The van der Waals surface area contributed by atoms with Crippen molar-refractivity contribution >= 4 is 11.6 Å². The Bertz CT molecular complexity index is 551. The second-order valence-electron chi connectivity index (χ2n) is 4.53. The minimum absolute atomic E-state index is 0.131. The van der Waals surface area contributed by atoms with E-state index in [1.165, 1.54) is 11.1 Å². The van der Waals surface area contributed by atoms with Gasteiger partial charge in [0.2, 0.25) is 0 Å². The number of methoxy groups -OCH3 is 1. The van der Waals surface area contributed by atoms with Crippen LogP contribution < -0.4 is 10.1 Å². The Morgan fingerprint density at radius 1 is 1.05 bits per heavy atom. The van der Waals surface area contributed by atoms with Gasteiger partial charge in [0.05, 0.1) is 18.2 Å². The van der Waals surface area contributed by atoms with Crippen LogP contribution in [0.1, 0.15) is 22.7 Å². The van der Waals surface area contributed by atoms with Crippen LogP contribution in [-0.2, 0) is 0 Å². The van der Waals surface area contributed by atoms with Crippen LogP contribution in [0.4, 0.5) is 0 Å². The number of halogens is 1. The van der Waals surface area contributed by atoms with Crippen molar-refractivity contribution in [1.82, 2.24) is 5.32 Å². The van der Waals surface area contributed by atoms with Gasteiger partial charge in [0.1, 0.15) is 5.75 Å². The van der Waals surface area contributed by atoms with Gasteiger partial charge in [-0.05, 0) is 37.2 Å². The molecule has 0 bridgehead atoms. The molecule has 1 N–H and O–H groups in total. The lowest BCUT2D eigenvalue weighted by Crippen LogP contribution is -2.17. The van der Waals surface area contributed by atoms with Gasteiger partial charge in [0, 0.05) is 0 Å². The maximum absolute atomic E-state index is 6.07. The Morgan fingerprint density at radius 3 is 2.26 bits per heavy atom. The number of rotatable bonds is 4. The lowest BCUT2D eigenvalue weighted by atomic mass is 9.98. The van der Waals surface area contributed by atoms with E-state index in [9.17, 15) is 0 Å². The molecular formula is C16H18ClNO. The molecule has 0 saturated heterocycles. The number of benzene rings is 2. The fourth-order valence-corrected chi connectivity index (χ4v) is 2.34. The van der Waals surface area contributed by atoms with Crippen molar-refractivity contribution in [2.75, 3.05) is 14.2 Å². The molecule has 100 valence electrons. The van der Waals surface area contributed by atoms with Crippen molar-refractivity contribution in [2.45, 2.75) is 13.0 Å². The molecule has 3 heteroatoms. The molecule has 2 aromatic carbocycles. The summed E-state index contributed by atoms with van der Waals surface area (Å²) in [6, 6.07) is 14.5. The van der Waals surface area contributed by atoms with E-state index in [-0.39, 0.29) is 6.04 Å². The summed E-state index contributed by atoms with van der Waals surface area (Å²) < 4.78 is 5.28. The molecular weight excluding hydrogens is 258 g/mol. The first-order valence-corrected chi connectivity index (χ1v) is 6.60. The predicted octanol–water partition coefficient (Wildman–Crippen LogP) is 3.97. The molecule has 2 aromatic rings. The molecule has 0 radical (unpaired) electrons. The van der Waals surface area contributed by atoms with Crippen molar-refractivity contribution in [3.05, 3.63) is 64.2 Å². The van der Waals surface area contributed by atoms with E-state index >= 15 is 0 Å². The van der Waals surface area contributed by atoms with E-state index in [0.717, 1.165) is 5.56 Å². The van der Waals surface area contributed by atoms with Crippen LogP contribution in [0.15, 0.2) is 42.5 Å². The van der Waals surface area contributed by atoms with E-state index < -0.39 is 0 Å². The summed E-state index contributed by atoms with van der Waals surface area (Å²) in [4.78, 5) is 0. The summed E-state index contributed by atoms with van der Waals surface area (Å²) >= 11 is 6.07. The highest BCUT2D eigenvalue weighted by Crippen LogP contribution is 2.30. The van der Waals surface area contributed by atoms with Gasteiger partial charge in [0.15, 0.2) is 0 Å². The second-order valence-corrected chi connectivity index (χ2v) is 4.93. The molecule has 0 saturated carbocycles. The van der Waals surface area contributed by atoms with Crippen LogP contribution in [-0.4, -0.2) is 14.2 Å². The van der Waals surface area contributed by atoms with Gasteiger partial charge in [0.25, 0.3) is 0 Å². The lowest BCUT2D eigenvalue weighted by molar-refractivity contribution is 0.414. The number of hydrogen-bond donors (Lipinski definition) is 1. The highest BCUT2D eigenvalue weighted by Gasteiger charge is 2.13. The maximum Gasteiger partial charge on any atom is 0.137 e. The van der Waals surface area contributed by atoms with Gasteiger partial charge in [-0.3, -0.25) is 0 Å². The van der Waals surface area contributed by atoms with E-state index in [2.05, 4.69) is 36.5 Å². The van der Waals surface area contributed by atoms with Crippen molar-refractivity contribution in [3.63, 3.8) is 0 Å². The maximum atomic E-state index is 6.07. The Kier molecular flexibility index (Phi) is 4.46. The van der Waals surface area contributed by atoms with Gasteiger partial charge in [-0.15, -0.1) is 0 Å². The molecule has 0 aromatic heterocycles. The quantitative estimate of drug-likeness (QED) is 0.912. The summed E-state index contributed by atoms with van der Waals surface area (Å²) in [7, 11) is 3.58. The zero-order valence-electron chi connectivity index (χ0n) is 11.4. The second kappa shape index (κ2) is 6.09. The predicted molar refractivity (Wildman–Crippen MR) is 80.1 cm³/mol. The minimum atomic E-state index is 0.131. The molecule has 0 aliphatic rings. The zero-order chi connectivity index (χ0) is 13.8. The van der Waals surface area contributed by atoms with Gasteiger partial charge >= 0.3 is 0 Å². The van der Waals surface area contributed by atoms with E-state index in [1.807, 2.05) is 25.2 Å². The number of nitrogens with one attached hydrogen (secondary N) is 1. The third-order valence-electron chi connectivity index (χ3n) is 3.21. The van der Waals surface area contributed by atoms with E-state index in [0.29, 0.717) is 10.8 Å². The van der Waals surface area contributed by atoms with Gasteiger partial charge in [-0.1, -0.05) is 47.5 Å². The molecule has 0 heterocycles. The largest absolute Gasteiger partial charge is 0.495 e. The standard InChI is InChI=1S/C16H18ClNO/c1-11-4-6-12(7-5-11)16(18-2)13-8-9-14(17)15(10-13)19-3/h4-10,16,18H,1-3H3. The molecule has 0 spiro atoms. The third kappa shape index (κ3) is 3.09. The van der Waals surface area contributed by atoms with Gasteiger partial charge < -0.3 is 10.1 Å². The summed E-state index contributed by atoms with van der Waals surface area (Å²) in [6.45, 7) is 2.09. The van der Waals surface area contributed by atoms with Crippen LogP contribution in [0.25, 0.3) is 0 Å². The lowest BCUT2D eigenvalue weighted by Gasteiger charge is -2.18. The molecule has 0 aliphatic carbocycles. The van der Waals surface area contributed by atoms with E-state index in [1.54, 1.807) is 7.11 Å². The molecule has 0 aliphatic heterocycles. The van der Waals surface area contributed by atoms with Crippen LogP contribution in [0.3, 0.4) is 0 Å². The SMILES string of the molecule is CNC(c1ccc(C)cc1)c1ccc(Cl)c(OC)c1. The Hall–Kier alpha value is -1.51. The van der Waals surface area contributed by atoms with Crippen LogP contribution in [0.2, 0.25) is 5.02 Å². The van der Waals surface area contributed by atoms with Gasteiger partial charge in [-0.2, -0.15) is 0 Å². The highest BCUT2D eigenvalue weighted by molar-refractivity contribution is 6.32. The Morgan fingerprint density at radius 2 is 1.68 bits per heavy atom. The highest BCUT2D eigenvalue weighted by atomic mass is 35.5. The number of hydrogen-bond acceptors (Lipinski definition) is 2. The first-order valence-electron chi connectivity index (χ1n) is 6.23. The minimum Gasteiger partial charge on any atom is -0.495 e. The van der Waals surface area contributed by atoms with Crippen LogP contribution in [0, 0.1) is 6.92 Å². The van der Waals surface area contributed by atoms with Gasteiger partial charge in [-0.25, -0.2) is 0 Å². The average molecular weight is 276 g/mol. The van der Waals surface area contributed by atoms with Crippen molar-refractivity contribution in [1.29, 1.82) is 0 Å². The molecule has 1 unspecified atom stereocenters. The summed E-state index contributed by atoms with van der Waals surface area (Å²) in [5, 5.41) is 3.96. The van der Waals surface area contributed by atoms with Crippen molar-refractivity contribution < 1.29 is 4.74 Å². The summed E-state index contributed by atoms with van der Waals surface area (Å²) in [5.41, 5.74) is 3.61. The molecule has 1 atom stereocenters. The Balaban J connectivity index is 2.39. The monoisotopic (exact) mass is 275 g/mol. The molecule has 2 rings (SSSR count). The molecule has 19 heavy (non-hydrogen) atoms. The first kappa shape index (κ1) is 13.9. The molecule has 0 amide bonds. The smallest absolute Gasteiger partial charge is 0.137 e. The molecule has 0 fully saturated rings. The number of aryl methyl sites for hydroxylation is 1. The van der Waals surface area contributed by atoms with Crippen molar-refractivity contribution in [2.24, 2.45) is 0 Å². The normalized spacial score (nSPS) is 12.2. The Labute approximate surface area is 119 Å². The summed E-state index contributed by atoms with van der Waals surface area (Å²) in [6.07, 6.45) is 0. The fraction of sp³-hybridized carbons (Fsp3) is 0.250. The van der Waals surface area contributed by atoms with Crippen LogP contribution in [0.5, 0.6) is 5.75 Å². The third-order valence-corrected chi connectivity index (χ3v) is 3.52. The fourth-order valence-electron chi connectivity index (χ4n) is 2.14. The topological polar surface area (TPSA) is 21.3 Å². The average Bonchev–Trinajstić information content (AvgIpc) is 2.43. The van der Waals surface area contributed by atoms with E-state index in [4.69, 9.17) is 16.3 Å². The van der Waals surface area contributed by atoms with Crippen molar-refractivity contribution in [3.8, 4) is 5.75 Å². The first-order chi connectivity index (χ1) is 9.15. The zero-order valence-corrected chi connectivity index (χ0v) is 12.2. The molecule has 2 nitrogen and oxygen atoms in total.